The van der Waals surface area contributed by atoms with Gasteiger partial charge in [-0.2, -0.15) is 0 Å². The summed E-state index contributed by atoms with van der Waals surface area (Å²) in [4.78, 5) is 0. The van der Waals surface area contributed by atoms with Crippen molar-refractivity contribution >= 4 is 24.2 Å². The Hall–Kier alpha value is 0.225. The van der Waals surface area contributed by atoms with Crippen LogP contribution in [-0.2, 0) is 0 Å². The first-order chi connectivity index (χ1) is 10.2. The Labute approximate surface area is 151 Å². The third kappa shape index (κ3) is 22.2. The largest absolute Gasteiger partial charge is 0.673 e. The molecule has 0 saturated carbocycles. The fourth-order valence-corrected chi connectivity index (χ4v) is 2.64. The summed E-state index contributed by atoms with van der Waals surface area (Å²) in [6, 6.07) is 0. The molecule has 0 unspecified atom stereocenters. The smallest absolute Gasteiger partial charge is 0.418 e. The van der Waals surface area contributed by atoms with Crippen molar-refractivity contribution in [1.29, 1.82) is 0 Å². The van der Waals surface area contributed by atoms with Crippen molar-refractivity contribution in [3.05, 3.63) is 0 Å². The molecule has 0 amide bonds. The van der Waals surface area contributed by atoms with Crippen LogP contribution < -0.4 is 0 Å². The molecule has 144 valence electrons. The van der Waals surface area contributed by atoms with Crippen LogP contribution in [0.5, 0.6) is 0 Å². The lowest BCUT2D eigenvalue weighted by molar-refractivity contribution is -0.929. The van der Waals surface area contributed by atoms with Crippen LogP contribution in [0, 0.1) is 0 Å². The number of halogens is 5. The summed E-state index contributed by atoms with van der Waals surface area (Å²) >= 11 is 0. The summed E-state index contributed by atoms with van der Waals surface area (Å²) in [5, 5.41) is 0. The van der Waals surface area contributed by atoms with E-state index in [9.17, 15) is 17.3 Å². The molecule has 1 nitrogen and oxygen atoms in total. The number of unbranched alkanes of at least 4 members (excludes halogenated alkanes) is 4. The van der Waals surface area contributed by atoms with Gasteiger partial charge in [0.1, 0.15) is 0 Å². The molecular weight excluding hydrogens is 373 g/mol. The van der Waals surface area contributed by atoms with Crippen LogP contribution in [0.3, 0.4) is 0 Å². The summed E-state index contributed by atoms with van der Waals surface area (Å²) in [5.74, 6) is 0. The van der Waals surface area contributed by atoms with E-state index < -0.39 is 7.25 Å². The molecule has 0 N–H and O–H groups in total. The van der Waals surface area contributed by atoms with E-state index in [1.807, 2.05) is 0 Å². The summed E-state index contributed by atoms with van der Waals surface area (Å²) in [7, 11) is -6.00. The molecular formula is C16H37BBrF4N. The van der Waals surface area contributed by atoms with E-state index in [1.165, 1.54) is 82.0 Å². The highest BCUT2D eigenvalue weighted by atomic mass is 79.9. The maximum atomic E-state index is 9.75. The molecule has 0 heterocycles. The highest BCUT2D eigenvalue weighted by Crippen LogP contribution is 2.16. The van der Waals surface area contributed by atoms with Gasteiger partial charge in [-0.1, -0.05) is 53.4 Å². The van der Waals surface area contributed by atoms with Crippen LogP contribution in [0.25, 0.3) is 0 Å². The van der Waals surface area contributed by atoms with E-state index in [4.69, 9.17) is 0 Å². The maximum absolute atomic E-state index is 9.75. The fourth-order valence-electron chi connectivity index (χ4n) is 2.64. The Morgan fingerprint density at radius 1 is 0.565 bits per heavy atom. The fraction of sp³-hybridized carbons (Fsp3) is 1.00. The van der Waals surface area contributed by atoms with Gasteiger partial charge < -0.3 is 21.7 Å². The number of nitrogens with zero attached hydrogens (tertiary/aromatic N) is 1. The van der Waals surface area contributed by atoms with E-state index in [2.05, 4.69) is 27.7 Å². The second kappa shape index (κ2) is 17.1. The van der Waals surface area contributed by atoms with Gasteiger partial charge in [0.05, 0.1) is 26.2 Å². The van der Waals surface area contributed by atoms with Crippen LogP contribution in [0.2, 0.25) is 0 Å². The second-order valence-electron chi connectivity index (χ2n) is 6.15. The molecule has 0 atom stereocenters. The van der Waals surface area contributed by atoms with Gasteiger partial charge in [0.15, 0.2) is 0 Å². The summed E-state index contributed by atoms with van der Waals surface area (Å²) in [5.41, 5.74) is 0. The molecule has 0 saturated heterocycles. The van der Waals surface area contributed by atoms with Crippen molar-refractivity contribution in [2.75, 3.05) is 26.2 Å². The highest BCUT2D eigenvalue weighted by molar-refractivity contribution is 8.93. The minimum atomic E-state index is -6.00. The van der Waals surface area contributed by atoms with Crippen LogP contribution in [0.1, 0.15) is 79.1 Å². The van der Waals surface area contributed by atoms with Crippen molar-refractivity contribution in [1.82, 2.24) is 0 Å². The molecule has 0 aliphatic rings. The van der Waals surface area contributed by atoms with E-state index >= 15 is 0 Å². The van der Waals surface area contributed by atoms with E-state index in [0.29, 0.717) is 0 Å². The summed E-state index contributed by atoms with van der Waals surface area (Å²) < 4.78 is 40.4. The molecule has 0 rings (SSSR count). The molecule has 0 spiro atoms. The van der Waals surface area contributed by atoms with Gasteiger partial charge in [-0.15, -0.1) is 17.0 Å². The van der Waals surface area contributed by atoms with Crippen molar-refractivity contribution in [3.63, 3.8) is 0 Å². The zero-order valence-corrected chi connectivity index (χ0v) is 17.1. The minimum absolute atomic E-state index is 0. The molecule has 0 bridgehead atoms. The Morgan fingerprint density at radius 3 is 0.870 bits per heavy atom. The lowest BCUT2D eigenvalue weighted by Crippen LogP contribution is -2.50. The molecule has 0 fully saturated rings. The summed E-state index contributed by atoms with van der Waals surface area (Å²) in [6.45, 7) is 15.0. The molecule has 0 aromatic heterocycles. The average molecular weight is 410 g/mol. The monoisotopic (exact) mass is 409 g/mol. The zero-order chi connectivity index (χ0) is 17.5. The predicted octanol–water partition coefficient (Wildman–Crippen LogP) is 6.88. The molecule has 0 aliphatic carbocycles. The Kier molecular flexibility index (Phi) is 20.8. The van der Waals surface area contributed by atoms with Gasteiger partial charge in [-0.25, -0.2) is 0 Å². The third-order valence-corrected chi connectivity index (χ3v) is 3.94. The number of hydrogen-bond donors (Lipinski definition) is 0. The first-order valence-corrected chi connectivity index (χ1v) is 8.97. The van der Waals surface area contributed by atoms with Crippen molar-refractivity contribution in [2.24, 2.45) is 0 Å². The topological polar surface area (TPSA) is 0 Å². The number of hydrogen-bond acceptors (Lipinski definition) is 0. The van der Waals surface area contributed by atoms with E-state index in [1.54, 1.807) is 0 Å². The van der Waals surface area contributed by atoms with Gasteiger partial charge in [0.25, 0.3) is 0 Å². The van der Waals surface area contributed by atoms with Crippen LogP contribution in [0.15, 0.2) is 0 Å². The van der Waals surface area contributed by atoms with Crippen LogP contribution >= 0.6 is 17.0 Å². The van der Waals surface area contributed by atoms with Gasteiger partial charge in [0.2, 0.25) is 0 Å². The molecule has 0 aliphatic heterocycles. The van der Waals surface area contributed by atoms with Gasteiger partial charge in [-0.3, -0.25) is 0 Å². The predicted molar refractivity (Wildman–Crippen MR) is 99.9 cm³/mol. The van der Waals surface area contributed by atoms with Crippen molar-refractivity contribution < 1.29 is 21.7 Å². The average Bonchev–Trinajstić information content (AvgIpc) is 2.44. The van der Waals surface area contributed by atoms with E-state index in [0.717, 1.165) is 0 Å². The van der Waals surface area contributed by atoms with Crippen LogP contribution in [-0.4, -0.2) is 37.9 Å². The number of rotatable bonds is 12. The van der Waals surface area contributed by atoms with Crippen molar-refractivity contribution in [2.45, 2.75) is 79.1 Å². The van der Waals surface area contributed by atoms with Gasteiger partial charge >= 0.3 is 7.25 Å². The lowest BCUT2D eigenvalue weighted by atomic mass is 10.1. The zero-order valence-electron chi connectivity index (χ0n) is 15.4. The first kappa shape index (κ1) is 28.0. The van der Waals surface area contributed by atoms with Crippen molar-refractivity contribution in [3.8, 4) is 0 Å². The SMILES string of the molecule is Br.CCCC[N+](CCCC)(CCCC)CCCC.F[B-](F)(F)F. The van der Waals surface area contributed by atoms with Gasteiger partial charge in [-0.05, 0) is 25.7 Å². The normalized spacial score (nSPS) is 11.5. The lowest BCUT2D eigenvalue weighted by Gasteiger charge is -2.39. The minimum Gasteiger partial charge on any atom is -0.418 e. The number of quaternary nitrogens is 1. The molecule has 0 aromatic rings. The Morgan fingerprint density at radius 2 is 0.739 bits per heavy atom. The third-order valence-electron chi connectivity index (χ3n) is 3.94. The Balaban J connectivity index is -0.000000578. The Bertz CT molecular complexity index is 197. The second-order valence-corrected chi connectivity index (χ2v) is 6.15. The maximum Gasteiger partial charge on any atom is 0.673 e. The molecule has 23 heavy (non-hydrogen) atoms. The first-order valence-electron chi connectivity index (χ1n) is 8.97. The molecule has 0 radical (unpaired) electrons. The van der Waals surface area contributed by atoms with Gasteiger partial charge in [0, 0.05) is 0 Å². The quantitative estimate of drug-likeness (QED) is 0.187. The molecule has 7 heteroatoms. The van der Waals surface area contributed by atoms with E-state index in [-0.39, 0.29) is 17.0 Å². The van der Waals surface area contributed by atoms with Crippen LogP contribution in [0.4, 0.5) is 17.3 Å². The standard InChI is InChI=1S/C16H36N.BF4.BrH/c1-5-9-13-17(14-10-6-2,15-11-7-3)16-12-8-4;2-1(3,4)5;/h5-16H2,1-4H3;;1H/q+1;-1;. The highest BCUT2D eigenvalue weighted by Gasteiger charge is 2.24. The summed E-state index contributed by atoms with van der Waals surface area (Å²) in [6.07, 6.45) is 11.1. The molecule has 0 aromatic carbocycles.